The predicted molar refractivity (Wildman–Crippen MR) is 112 cm³/mol. The number of anilines is 1. The third-order valence-electron chi connectivity index (χ3n) is 3.66. The summed E-state index contributed by atoms with van der Waals surface area (Å²) in [4.78, 5) is 33.9. The van der Waals surface area contributed by atoms with Gasteiger partial charge in [0.25, 0.3) is 5.69 Å². The van der Waals surface area contributed by atoms with Gasteiger partial charge in [-0.3, -0.25) is 19.7 Å². The highest BCUT2D eigenvalue weighted by atomic mass is 127. The summed E-state index contributed by atoms with van der Waals surface area (Å²) in [5.74, 6) is -1.02. The predicted octanol–water partition coefficient (Wildman–Crippen LogP) is 3.08. The fourth-order valence-corrected chi connectivity index (χ4v) is 2.84. The van der Waals surface area contributed by atoms with E-state index in [0.717, 1.165) is 33.5 Å². The number of phenolic OH excluding ortho intramolecular Hbond substituents is 1. The van der Waals surface area contributed by atoms with Crippen molar-refractivity contribution in [1.82, 2.24) is 5.43 Å². The summed E-state index contributed by atoms with van der Waals surface area (Å²) in [5.41, 5.74) is 3.69. The van der Waals surface area contributed by atoms with Crippen molar-refractivity contribution in [2.45, 2.75) is 19.8 Å². The molecule has 0 aliphatic rings. The zero-order chi connectivity index (χ0) is 20.7. The molecule has 2 aromatic rings. The summed E-state index contributed by atoms with van der Waals surface area (Å²) in [5, 5.41) is 26.8. The average molecular weight is 496 g/mol. The van der Waals surface area contributed by atoms with Gasteiger partial charge in [0.1, 0.15) is 5.75 Å². The van der Waals surface area contributed by atoms with Gasteiger partial charge in [-0.25, -0.2) is 5.43 Å². The topological polar surface area (TPSA) is 134 Å². The molecule has 0 heterocycles. The average Bonchev–Trinajstić information content (AvgIpc) is 2.63. The first kappa shape index (κ1) is 21.3. The molecule has 0 saturated heterocycles. The number of carbonyl (C=O) groups excluding carboxylic acids is 2. The number of aryl methyl sites for hydroxylation is 1. The van der Waals surface area contributed by atoms with Crippen LogP contribution >= 0.6 is 22.6 Å². The normalized spacial score (nSPS) is 10.6. The van der Waals surface area contributed by atoms with Crippen LogP contribution in [0.1, 0.15) is 24.0 Å². The van der Waals surface area contributed by atoms with E-state index in [0.29, 0.717) is 5.69 Å². The SMILES string of the molecule is Cc1cc(I)ccc1NC(=O)CCC(=O)NN=Cc1cc([N+](=O)[O-])ccc1O. The highest BCUT2D eigenvalue weighted by Crippen LogP contribution is 2.21. The van der Waals surface area contributed by atoms with Gasteiger partial charge in [-0.05, 0) is 59.3 Å². The fraction of sp³-hybridized carbons (Fsp3) is 0.167. The minimum atomic E-state index is -0.608. The van der Waals surface area contributed by atoms with E-state index >= 15 is 0 Å². The third kappa shape index (κ3) is 6.30. The summed E-state index contributed by atoms with van der Waals surface area (Å²) >= 11 is 2.18. The number of non-ortho nitro benzene ring substituents is 1. The van der Waals surface area contributed by atoms with Gasteiger partial charge in [0, 0.05) is 39.8 Å². The van der Waals surface area contributed by atoms with Gasteiger partial charge in [0.2, 0.25) is 11.8 Å². The summed E-state index contributed by atoms with van der Waals surface area (Å²) < 4.78 is 1.06. The van der Waals surface area contributed by atoms with E-state index in [1.54, 1.807) is 6.07 Å². The van der Waals surface area contributed by atoms with Crippen LogP contribution in [0.2, 0.25) is 0 Å². The molecule has 28 heavy (non-hydrogen) atoms. The highest BCUT2D eigenvalue weighted by molar-refractivity contribution is 14.1. The molecule has 0 aliphatic carbocycles. The summed E-state index contributed by atoms with van der Waals surface area (Å²) in [6.45, 7) is 1.88. The number of nitrogens with zero attached hydrogens (tertiary/aromatic N) is 2. The van der Waals surface area contributed by atoms with Crippen molar-refractivity contribution in [1.29, 1.82) is 0 Å². The van der Waals surface area contributed by atoms with Gasteiger partial charge in [0.05, 0.1) is 11.1 Å². The van der Waals surface area contributed by atoms with Crippen molar-refractivity contribution in [2.24, 2.45) is 5.10 Å². The van der Waals surface area contributed by atoms with Crippen LogP contribution in [0.15, 0.2) is 41.5 Å². The Bertz CT molecular complexity index is 946. The number of amides is 2. The number of nitro groups is 1. The molecule has 0 saturated carbocycles. The van der Waals surface area contributed by atoms with E-state index in [4.69, 9.17) is 0 Å². The van der Waals surface area contributed by atoms with Crippen molar-refractivity contribution in [3.8, 4) is 5.75 Å². The van der Waals surface area contributed by atoms with E-state index in [-0.39, 0.29) is 35.7 Å². The van der Waals surface area contributed by atoms with E-state index < -0.39 is 10.8 Å². The van der Waals surface area contributed by atoms with Crippen molar-refractivity contribution >= 4 is 52.0 Å². The number of hydrazone groups is 1. The molecule has 0 aromatic heterocycles. The molecule has 0 aliphatic heterocycles. The van der Waals surface area contributed by atoms with Crippen LogP contribution in [-0.4, -0.2) is 28.1 Å². The minimum absolute atomic E-state index is 0.0329. The standard InChI is InChI=1S/C18H17IN4O5/c1-11-8-13(19)2-4-15(11)21-17(25)6-7-18(26)22-20-10-12-9-14(23(27)28)3-5-16(12)24/h2-5,8-10,24H,6-7H2,1H3,(H,21,25)(H,22,26). The van der Waals surface area contributed by atoms with Crippen LogP contribution in [-0.2, 0) is 9.59 Å². The number of benzene rings is 2. The van der Waals surface area contributed by atoms with E-state index in [1.165, 1.54) is 0 Å². The Labute approximate surface area is 174 Å². The second-order valence-corrected chi connectivity index (χ2v) is 7.05. The van der Waals surface area contributed by atoms with Crippen molar-refractivity contribution in [3.63, 3.8) is 0 Å². The lowest BCUT2D eigenvalue weighted by atomic mass is 10.2. The first-order valence-electron chi connectivity index (χ1n) is 8.11. The number of aromatic hydroxyl groups is 1. The minimum Gasteiger partial charge on any atom is -0.507 e. The van der Waals surface area contributed by atoms with Crippen molar-refractivity contribution in [2.75, 3.05) is 5.32 Å². The van der Waals surface area contributed by atoms with E-state index in [9.17, 15) is 24.8 Å². The van der Waals surface area contributed by atoms with Crippen molar-refractivity contribution in [3.05, 3.63) is 61.2 Å². The maximum atomic E-state index is 12.0. The molecule has 146 valence electrons. The highest BCUT2D eigenvalue weighted by Gasteiger charge is 2.10. The number of nitrogens with one attached hydrogen (secondary N) is 2. The fourth-order valence-electron chi connectivity index (χ4n) is 2.20. The molecule has 10 heteroatoms. The van der Waals surface area contributed by atoms with Crippen LogP contribution in [0.4, 0.5) is 11.4 Å². The van der Waals surface area contributed by atoms with Crippen LogP contribution in [0, 0.1) is 20.6 Å². The van der Waals surface area contributed by atoms with Crippen LogP contribution in [0.5, 0.6) is 5.75 Å². The van der Waals surface area contributed by atoms with Gasteiger partial charge in [0.15, 0.2) is 0 Å². The number of hydrogen-bond acceptors (Lipinski definition) is 6. The van der Waals surface area contributed by atoms with Gasteiger partial charge in [-0.15, -0.1) is 0 Å². The van der Waals surface area contributed by atoms with E-state index in [2.05, 4.69) is 38.4 Å². The number of hydrogen-bond donors (Lipinski definition) is 3. The Hall–Kier alpha value is -3.02. The van der Waals surface area contributed by atoms with Crippen LogP contribution in [0.25, 0.3) is 0 Å². The largest absolute Gasteiger partial charge is 0.507 e. The Morgan fingerprint density at radius 1 is 1.21 bits per heavy atom. The van der Waals surface area contributed by atoms with Gasteiger partial charge in [-0.1, -0.05) is 0 Å². The first-order chi connectivity index (χ1) is 13.3. The van der Waals surface area contributed by atoms with Crippen LogP contribution in [0.3, 0.4) is 0 Å². The molecular formula is C18H17IN4O5. The molecule has 9 nitrogen and oxygen atoms in total. The Balaban J connectivity index is 1.84. The first-order valence-corrected chi connectivity index (χ1v) is 9.19. The third-order valence-corrected chi connectivity index (χ3v) is 4.33. The molecule has 2 amide bonds. The lowest BCUT2D eigenvalue weighted by Gasteiger charge is -2.08. The maximum absolute atomic E-state index is 12.0. The summed E-state index contributed by atoms with van der Waals surface area (Å²) in [7, 11) is 0. The molecule has 0 atom stereocenters. The number of nitro benzene ring substituents is 1. The molecule has 3 N–H and O–H groups in total. The molecule has 2 rings (SSSR count). The molecule has 0 bridgehead atoms. The summed E-state index contributed by atoms with van der Waals surface area (Å²) in [6, 6.07) is 9.04. The number of rotatable bonds is 7. The number of phenols is 1. The molecule has 0 fully saturated rings. The Morgan fingerprint density at radius 3 is 2.61 bits per heavy atom. The number of halogens is 1. The lowest BCUT2D eigenvalue weighted by molar-refractivity contribution is -0.384. The zero-order valence-corrected chi connectivity index (χ0v) is 17.0. The summed E-state index contributed by atoms with van der Waals surface area (Å²) in [6.07, 6.45) is 0.970. The van der Waals surface area contributed by atoms with Gasteiger partial charge in [-0.2, -0.15) is 5.10 Å². The Kier molecular flexibility index (Phi) is 7.44. The maximum Gasteiger partial charge on any atom is 0.270 e. The van der Waals surface area contributed by atoms with Crippen LogP contribution < -0.4 is 10.7 Å². The second kappa shape index (κ2) is 9.78. The van der Waals surface area contributed by atoms with E-state index in [1.807, 2.05) is 19.1 Å². The van der Waals surface area contributed by atoms with Gasteiger partial charge < -0.3 is 10.4 Å². The number of carbonyl (C=O) groups is 2. The second-order valence-electron chi connectivity index (χ2n) is 5.80. The quantitative estimate of drug-likeness (QED) is 0.235. The molecule has 0 spiro atoms. The van der Waals surface area contributed by atoms with Gasteiger partial charge >= 0.3 is 0 Å². The molecule has 0 radical (unpaired) electrons. The molecule has 0 unspecified atom stereocenters. The lowest BCUT2D eigenvalue weighted by Crippen LogP contribution is -2.20. The molecular weight excluding hydrogens is 479 g/mol. The monoisotopic (exact) mass is 496 g/mol. The Morgan fingerprint density at radius 2 is 1.93 bits per heavy atom. The zero-order valence-electron chi connectivity index (χ0n) is 14.8. The molecule has 2 aromatic carbocycles. The smallest absolute Gasteiger partial charge is 0.270 e. The van der Waals surface area contributed by atoms with Crippen molar-refractivity contribution < 1.29 is 19.6 Å².